The number of nitrogens with one attached hydrogen (secondary N) is 2. The summed E-state index contributed by atoms with van der Waals surface area (Å²) < 4.78 is 26.7. The van der Waals surface area contributed by atoms with E-state index in [9.17, 15) is 18.4 Å². The Hall–Kier alpha value is -3.28. The fourth-order valence-corrected chi connectivity index (χ4v) is 4.00. The lowest BCUT2D eigenvalue weighted by molar-refractivity contribution is -0.116. The van der Waals surface area contributed by atoms with E-state index in [1.807, 2.05) is 0 Å². The molecule has 29 heavy (non-hydrogen) atoms. The van der Waals surface area contributed by atoms with E-state index in [-0.39, 0.29) is 17.5 Å². The van der Waals surface area contributed by atoms with E-state index < -0.39 is 11.7 Å². The normalized spacial score (nSPS) is 19.0. The van der Waals surface area contributed by atoms with E-state index in [0.717, 1.165) is 18.5 Å². The number of carbonyl (C=O) groups excluding carboxylic acids is 2. The second-order valence-electron chi connectivity index (χ2n) is 7.28. The van der Waals surface area contributed by atoms with Crippen molar-refractivity contribution in [3.05, 3.63) is 88.3 Å². The minimum atomic E-state index is -0.583. The lowest BCUT2D eigenvalue weighted by Crippen LogP contribution is -2.35. The molecule has 0 saturated heterocycles. The van der Waals surface area contributed by atoms with Crippen LogP contribution in [-0.4, -0.2) is 11.7 Å². The quantitative estimate of drug-likeness (QED) is 0.802. The molecule has 1 heterocycles. The third-order valence-electron chi connectivity index (χ3n) is 5.33. The summed E-state index contributed by atoms with van der Waals surface area (Å²) in [6.07, 6.45) is 1.90. The molecule has 2 N–H and O–H groups in total. The van der Waals surface area contributed by atoms with Crippen LogP contribution in [0, 0.1) is 11.6 Å². The highest BCUT2D eigenvalue weighted by molar-refractivity contribution is 6.09. The van der Waals surface area contributed by atoms with E-state index in [4.69, 9.17) is 0 Å². The van der Waals surface area contributed by atoms with Gasteiger partial charge in [0, 0.05) is 40.6 Å². The van der Waals surface area contributed by atoms with E-state index in [1.165, 1.54) is 36.4 Å². The monoisotopic (exact) mass is 394 g/mol. The van der Waals surface area contributed by atoms with Gasteiger partial charge in [-0.25, -0.2) is 8.78 Å². The molecule has 0 saturated carbocycles. The van der Waals surface area contributed by atoms with Gasteiger partial charge in [-0.1, -0.05) is 12.1 Å². The molecule has 0 fully saturated rings. The molecule has 1 aliphatic carbocycles. The number of amides is 1. The SMILES string of the molecule is CC1=C(C(=O)Nc2ccc(F)cc2)C(c2ccc(F)cc2)C2=C(CCCC2=O)N1. The number of anilines is 1. The number of ketones is 1. The maximum atomic E-state index is 13.5. The molecule has 1 aliphatic heterocycles. The van der Waals surface area contributed by atoms with Crippen LogP contribution in [0.15, 0.2) is 71.1 Å². The molecule has 1 unspecified atom stereocenters. The first-order valence-electron chi connectivity index (χ1n) is 9.50. The van der Waals surface area contributed by atoms with Gasteiger partial charge in [0.15, 0.2) is 5.78 Å². The average molecular weight is 394 g/mol. The van der Waals surface area contributed by atoms with E-state index >= 15 is 0 Å². The lowest BCUT2D eigenvalue weighted by Gasteiger charge is -2.34. The topological polar surface area (TPSA) is 58.2 Å². The number of benzene rings is 2. The van der Waals surface area contributed by atoms with Gasteiger partial charge in [-0.05, 0) is 61.7 Å². The molecule has 0 radical (unpaired) electrons. The van der Waals surface area contributed by atoms with Gasteiger partial charge in [-0.2, -0.15) is 0 Å². The van der Waals surface area contributed by atoms with Gasteiger partial charge in [0.2, 0.25) is 0 Å². The summed E-state index contributed by atoms with van der Waals surface area (Å²) in [5, 5.41) is 6.01. The summed E-state index contributed by atoms with van der Waals surface area (Å²) in [6, 6.07) is 11.3. The molecule has 0 aromatic heterocycles. The zero-order chi connectivity index (χ0) is 20.5. The van der Waals surface area contributed by atoms with Crippen molar-refractivity contribution in [1.82, 2.24) is 5.32 Å². The Balaban J connectivity index is 1.77. The van der Waals surface area contributed by atoms with Crippen molar-refractivity contribution in [1.29, 1.82) is 0 Å². The maximum Gasteiger partial charge on any atom is 0.254 e. The zero-order valence-corrected chi connectivity index (χ0v) is 15.9. The van der Waals surface area contributed by atoms with Crippen molar-refractivity contribution < 1.29 is 18.4 Å². The number of dihydropyridines is 1. The molecule has 6 heteroatoms. The van der Waals surface area contributed by atoms with Crippen LogP contribution in [0.25, 0.3) is 0 Å². The van der Waals surface area contributed by atoms with Crippen LogP contribution in [0.5, 0.6) is 0 Å². The average Bonchev–Trinajstić information content (AvgIpc) is 2.69. The smallest absolute Gasteiger partial charge is 0.254 e. The Morgan fingerprint density at radius 2 is 1.62 bits per heavy atom. The van der Waals surface area contributed by atoms with Gasteiger partial charge in [-0.15, -0.1) is 0 Å². The zero-order valence-electron chi connectivity index (χ0n) is 15.9. The number of Topliss-reactive ketones (excluding diaryl/α,β-unsaturated/α-hetero) is 1. The van der Waals surface area contributed by atoms with Gasteiger partial charge in [0.25, 0.3) is 5.91 Å². The third kappa shape index (κ3) is 3.70. The second kappa shape index (κ2) is 7.62. The summed E-state index contributed by atoms with van der Waals surface area (Å²) in [4.78, 5) is 26.0. The molecule has 1 atom stereocenters. The number of rotatable bonds is 3. The Kier molecular flexibility index (Phi) is 5.01. The molecule has 2 aromatic carbocycles. The number of allylic oxidation sites excluding steroid dienone is 3. The van der Waals surface area contributed by atoms with Crippen molar-refractivity contribution in [3.8, 4) is 0 Å². The number of carbonyl (C=O) groups is 2. The van der Waals surface area contributed by atoms with Crippen LogP contribution < -0.4 is 10.6 Å². The summed E-state index contributed by atoms with van der Waals surface area (Å²) >= 11 is 0. The predicted molar refractivity (Wildman–Crippen MR) is 106 cm³/mol. The highest BCUT2D eigenvalue weighted by Gasteiger charge is 2.38. The van der Waals surface area contributed by atoms with Gasteiger partial charge in [0.05, 0.1) is 0 Å². The van der Waals surface area contributed by atoms with Crippen molar-refractivity contribution in [2.45, 2.75) is 32.1 Å². The molecule has 0 spiro atoms. The van der Waals surface area contributed by atoms with Gasteiger partial charge < -0.3 is 10.6 Å². The summed E-state index contributed by atoms with van der Waals surface area (Å²) in [6.45, 7) is 1.79. The number of halogens is 2. The highest BCUT2D eigenvalue weighted by Crippen LogP contribution is 2.42. The highest BCUT2D eigenvalue weighted by atomic mass is 19.1. The Morgan fingerprint density at radius 3 is 2.28 bits per heavy atom. The fraction of sp³-hybridized carbons (Fsp3) is 0.217. The van der Waals surface area contributed by atoms with Crippen molar-refractivity contribution in [2.75, 3.05) is 5.32 Å². The standard InChI is InChI=1S/C23H20F2N2O2/c1-13-20(23(29)27-17-11-9-16(25)10-12-17)21(14-5-7-15(24)8-6-14)22-18(26-13)3-2-4-19(22)28/h5-12,21,26H,2-4H2,1H3,(H,27,29). The van der Waals surface area contributed by atoms with E-state index in [1.54, 1.807) is 19.1 Å². The summed E-state index contributed by atoms with van der Waals surface area (Å²) in [5.74, 6) is -1.76. The minimum Gasteiger partial charge on any atom is -0.362 e. The second-order valence-corrected chi connectivity index (χ2v) is 7.28. The van der Waals surface area contributed by atoms with Gasteiger partial charge in [-0.3, -0.25) is 9.59 Å². The number of hydrogen-bond acceptors (Lipinski definition) is 3. The van der Waals surface area contributed by atoms with Crippen LogP contribution in [0.1, 0.15) is 37.7 Å². The van der Waals surface area contributed by atoms with Crippen LogP contribution in [-0.2, 0) is 9.59 Å². The maximum absolute atomic E-state index is 13.5. The largest absolute Gasteiger partial charge is 0.362 e. The summed E-state index contributed by atoms with van der Waals surface area (Å²) in [5.41, 5.74) is 3.56. The predicted octanol–water partition coefficient (Wildman–Crippen LogP) is 4.57. The van der Waals surface area contributed by atoms with Crippen molar-refractivity contribution in [3.63, 3.8) is 0 Å². The first kappa shape index (κ1) is 19.1. The molecule has 1 amide bonds. The van der Waals surface area contributed by atoms with Crippen LogP contribution in [0.4, 0.5) is 14.5 Å². The van der Waals surface area contributed by atoms with Crippen LogP contribution in [0.2, 0.25) is 0 Å². The first-order chi connectivity index (χ1) is 13.9. The Morgan fingerprint density at radius 1 is 1.00 bits per heavy atom. The summed E-state index contributed by atoms with van der Waals surface area (Å²) in [7, 11) is 0. The molecular weight excluding hydrogens is 374 g/mol. The fourth-order valence-electron chi connectivity index (χ4n) is 4.00. The van der Waals surface area contributed by atoms with Crippen LogP contribution in [0.3, 0.4) is 0 Å². The van der Waals surface area contributed by atoms with E-state index in [0.29, 0.717) is 34.5 Å². The first-order valence-corrected chi connectivity index (χ1v) is 9.50. The molecule has 2 aromatic rings. The molecule has 4 rings (SSSR count). The van der Waals surface area contributed by atoms with E-state index in [2.05, 4.69) is 10.6 Å². The minimum absolute atomic E-state index is 0.00680. The molecule has 2 aliphatic rings. The van der Waals surface area contributed by atoms with Crippen LogP contribution >= 0.6 is 0 Å². The van der Waals surface area contributed by atoms with Crippen molar-refractivity contribution in [2.24, 2.45) is 0 Å². The molecule has 0 bridgehead atoms. The number of hydrogen-bond donors (Lipinski definition) is 2. The van der Waals surface area contributed by atoms with Crippen molar-refractivity contribution >= 4 is 17.4 Å². The Labute approximate surface area is 167 Å². The molecular formula is C23H20F2N2O2. The molecule has 4 nitrogen and oxygen atoms in total. The lowest BCUT2D eigenvalue weighted by atomic mass is 9.75. The van der Waals surface area contributed by atoms with Gasteiger partial charge in [0.1, 0.15) is 11.6 Å². The van der Waals surface area contributed by atoms with Gasteiger partial charge >= 0.3 is 0 Å². The Bertz CT molecular complexity index is 1040. The third-order valence-corrected chi connectivity index (χ3v) is 5.33. The molecule has 148 valence electrons.